The number of hydrogen-bond acceptors (Lipinski definition) is 0. The van der Waals surface area contributed by atoms with Crippen LogP contribution < -0.4 is 0 Å². The molecule has 0 radical (unpaired) electrons. The minimum absolute atomic E-state index is 0.00945. The van der Waals surface area contributed by atoms with Crippen LogP contribution >= 0.6 is 139 Å². The van der Waals surface area contributed by atoms with E-state index in [-0.39, 0.29) is 20.1 Å². The molecule has 4 unspecified atom stereocenters. The molecular formula is C21H6Cl12. The Kier molecular flexibility index (Phi) is 5.01. The zero-order chi connectivity index (χ0) is 24.5. The van der Waals surface area contributed by atoms with Crippen LogP contribution in [0.3, 0.4) is 0 Å². The molecule has 0 N–H and O–H groups in total. The molecule has 6 rings (SSSR count). The smallest absolute Gasteiger partial charge is 0.104 e. The molecule has 0 amide bonds. The van der Waals surface area contributed by atoms with Gasteiger partial charge in [0.1, 0.15) is 19.5 Å². The third-order valence-corrected chi connectivity index (χ3v) is 15.3. The minimum atomic E-state index is -1.92. The van der Waals surface area contributed by atoms with E-state index in [1.54, 1.807) is 0 Å². The van der Waals surface area contributed by atoms with Gasteiger partial charge in [-0.2, -0.15) is 0 Å². The molecule has 12 heteroatoms. The molecule has 4 atom stereocenters. The summed E-state index contributed by atoms with van der Waals surface area (Å²) in [7, 11) is 0. The van der Waals surface area contributed by atoms with Gasteiger partial charge in [0.15, 0.2) is 8.67 Å². The molecule has 4 aliphatic rings. The zero-order valence-corrected chi connectivity index (χ0v) is 24.8. The predicted molar refractivity (Wildman–Crippen MR) is 145 cm³/mol. The third-order valence-electron chi connectivity index (χ3n) is 7.17. The summed E-state index contributed by atoms with van der Waals surface area (Å²) in [6, 6.07) is 5.61. The van der Waals surface area contributed by atoms with E-state index in [2.05, 4.69) is 0 Å². The molecule has 0 saturated heterocycles. The quantitative estimate of drug-likeness (QED) is 0.243. The van der Waals surface area contributed by atoms with Crippen molar-refractivity contribution in [2.24, 2.45) is 0 Å². The molecule has 33 heavy (non-hydrogen) atoms. The molecule has 4 aliphatic carbocycles. The van der Waals surface area contributed by atoms with Crippen LogP contribution in [-0.2, 0) is 19.5 Å². The van der Waals surface area contributed by atoms with Crippen molar-refractivity contribution < 1.29 is 0 Å². The van der Waals surface area contributed by atoms with E-state index in [9.17, 15) is 0 Å². The second-order valence-corrected chi connectivity index (χ2v) is 15.0. The van der Waals surface area contributed by atoms with Gasteiger partial charge in [0.05, 0.1) is 20.1 Å². The highest BCUT2D eigenvalue weighted by molar-refractivity contribution is 6.68. The Morgan fingerprint density at radius 2 is 0.818 bits per heavy atom. The van der Waals surface area contributed by atoms with Crippen LogP contribution in [0.25, 0.3) is 10.8 Å². The molecule has 174 valence electrons. The van der Waals surface area contributed by atoms with Gasteiger partial charge in [-0.1, -0.05) is 117 Å². The van der Waals surface area contributed by atoms with Crippen molar-refractivity contribution in [1.29, 1.82) is 0 Å². The summed E-state index contributed by atoms with van der Waals surface area (Å²) in [5.74, 6) is 0. The first-order valence-corrected chi connectivity index (χ1v) is 13.8. The lowest BCUT2D eigenvalue weighted by molar-refractivity contribution is 0.615. The lowest BCUT2D eigenvalue weighted by atomic mass is 9.79. The van der Waals surface area contributed by atoms with E-state index in [1.165, 1.54) is 0 Å². The molecule has 0 heterocycles. The van der Waals surface area contributed by atoms with E-state index < -0.39 is 28.2 Å². The summed E-state index contributed by atoms with van der Waals surface area (Å²) < 4.78 is -3.83. The van der Waals surface area contributed by atoms with E-state index in [4.69, 9.17) is 139 Å². The second-order valence-electron chi connectivity index (χ2n) is 8.59. The van der Waals surface area contributed by atoms with Gasteiger partial charge >= 0.3 is 0 Å². The van der Waals surface area contributed by atoms with Crippen LogP contribution in [0.4, 0.5) is 0 Å². The second kappa shape index (κ2) is 6.62. The van der Waals surface area contributed by atoms with Crippen LogP contribution in [0.15, 0.2) is 38.3 Å². The Balaban J connectivity index is 1.96. The lowest BCUT2D eigenvalue weighted by Crippen LogP contribution is -2.41. The number of aryl methyl sites for hydroxylation is 1. The summed E-state index contributed by atoms with van der Waals surface area (Å²) in [6.07, 6.45) is 0. The lowest BCUT2D eigenvalue weighted by Gasteiger charge is -2.35. The summed E-state index contributed by atoms with van der Waals surface area (Å²) in [5.41, 5.74) is 2.42. The van der Waals surface area contributed by atoms with Crippen LogP contribution in [0, 0.1) is 6.92 Å². The Labute approximate surface area is 248 Å². The number of fused-ring (bicyclic) bond motifs is 14. The van der Waals surface area contributed by atoms with E-state index in [0.29, 0.717) is 33.0 Å². The van der Waals surface area contributed by atoms with Crippen molar-refractivity contribution in [3.8, 4) is 0 Å². The molecule has 4 bridgehead atoms. The first-order chi connectivity index (χ1) is 15.0. The Hall–Kier alpha value is 1.66. The molecule has 0 fully saturated rings. The van der Waals surface area contributed by atoms with Crippen molar-refractivity contribution in [2.75, 3.05) is 0 Å². The number of benzene rings is 2. The average molecular weight is 684 g/mol. The third kappa shape index (κ3) is 2.10. The van der Waals surface area contributed by atoms with Crippen molar-refractivity contribution in [3.63, 3.8) is 0 Å². The fraction of sp³-hybridized carbons (Fsp3) is 0.333. The van der Waals surface area contributed by atoms with Gasteiger partial charge in [-0.3, -0.25) is 0 Å². The Morgan fingerprint density at radius 3 is 1.21 bits per heavy atom. The van der Waals surface area contributed by atoms with Crippen molar-refractivity contribution >= 4 is 150 Å². The van der Waals surface area contributed by atoms with E-state index in [1.807, 2.05) is 25.1 Å². The van der Waals surface area contributed by atoms with Crippen LogP contribution in [0.1, 0.15) is 27.8 Å². The molecule has 0 nitrogen and oxygen atoms in total. The highest BCUT2D eigenvalue weighted by Gasteiger charge is 2.84. The maximum absolute atomic E-state index is 7.20. The fourth-order valence-electron chi connectivity index (χ4n) is 5.70. The largest absolute Gasteiger partial charge is 0.174 e. The van der Waals surface area contributed by atoms with Gasteiger partial charge in [0, 0.05) is 0 Å². The van der Waals surface area contributed by atoms with Crippen LogP contribution in [-0.4, -0.2) is 8.67 Å². The molecule has 2 aromatic rings. The molecule has 0 aliphatic heterocycles. The zero-order valence-electron chi connectivity index (χ0n) is 15.8. The van der Waals surface area contributed by atoms with Gasteiger partial charge < -0.3 is 0 Å². The van der Waals surface area contributed by atoms with Gasteiger partial charge in [-0.15, -0.1) is 46.4 Å². The maximum Gasteiger partial charge on any atom is 0.174 e. The number of alkyl halides is 8. The standard InChI is InChI=1S/C21H6Cl12/c1-5-2-3-6-7(4-5)9-11(19(29)15(25)13(23)17(9,27)21(19,32)33)10-8(6)16(26)12(22)14(24)18(10,28)20(16,30)31/h2-4H,1H3. The van der Waals surface area contributed by atoms with Crippen molar-refractivity contribution in [2.45, 2.75) is 35.1 Å². The maximum atomic E-state index is 7.20. The normalized spacial score (nSPS) is 39.2. The summed E-state index contributed by atoms with van der Waals surface area (Å²) in [4.78, 5) is -7.02. The highest BCUT2D eigenvalue weighted by atomic mass is 35.5. The Morgan fingerprint density at radius 1 is 0.485 bits per heavy atom. The fourth-order valence-corrected chi connectivity index (χ4v) is 11.1. The van der Waals surface area contributed by atoms with Crippen LogP contribution in [0.5, 0.6) is 0 Å². The summed E-state index contributed by atoms with van der Waals surface area (Å²) in [6.45, 7) is 1.91. The number of allylic oxidation sites excluding steroid dienone is 4. The molecule has 0 spiro atoms. The first kappa shape index (κ1) is 25.0. The van der Waals surface area contributed by atoms with Crippen molar-refractivity contribution in [1.82, 2.24) is 0 Å². The van der Waals surface area contributed by atoms with Gasteiger partial charge in [-0.05, 0) is 39.9 Å². The minimum Gasteiger partial charge on any atom is -0.104 e. The van der Waals surface area contributed by atoms with E-state index >= 15 is 0 Å². The predicted octanol–water partition coefficient (Wildman–Crippen LogP) is 10.7. The molecule has 0 aromatic heterocycles. The summed E-state index contributed by atoms with van der Waals surface area (Å²) in [5, 5.41) is 1.19. The van der Waals surface area contributed by atoms with Gasteiger partial charge in [-0.25, -0.2) is 0 Å². The molecular weight excluding hydrogens is 678 g/mol. The number of hydrogen-bond donors (Lipinski definition) is 0. The first-order valence-electron chi connectivity index (χ1n) is 9.26. The Bertz CT molecular complexity index is 1440. The number of rotatable bonds is 0. The summed E-state index contributed by atoms with van der Waals surface area (Å²) >= 11 is 82.9. The van der Waals surface area contributed by atoms with Gasteiger partial charge in [0.2, 0.25) is 0 Å². The highest BCUT2D eigenvalue weighted by Crippen LogP contribution is 2.84. The monoisotopic (exact) mass is 678 g/mol. The molecule has 2 aromatic carbocycles. The van der Waals surface area contributed by atoms with Gasteiger partial charge in [0.25, 0.3) is 0 Å². The SMILES string of the molecule is Cc1ccc2c3c(c4c(c2c1)C1(Cl)C(Cl)=C(Cl)C4(Cl)C1(Cl)Cl)C1(Cl)C(Cl)=C(Cl)C3(Cl)C1(Cl)Cl. The number of halogens is 12. The van der Waals surface area contributed by atoms with Crippen LogP contribution in [0.2, 0.25) is 0 Å². The molecule has 0 saturated carbocycles. The van der Waals surface area contributed by atoms with E-state index in [0.717, 1.165) is 5.56 Å². The van der Waals surface area contributed by atoms with Crippen molar-refractivity contribution in [3.05, 3.63) is 66.1 Å². The topological polar surface area (TPSA) is 0 Å². The average Bonchev–Trinajstić information content (AvgIpc) is 3.08.